The molecule has 0 spiro atoms. The van der Waals surface area contributed by atoms with Crippen molar-refractivity contribution in [3.8, 4) is 0 Å². The van der Waals surface area contributed by atoms with Gasteiger partial charge >= 0.3 is 11.9 Å². The average molecular weight is 348 g/mol. The van der Waals surface area contributed by atoms with Gasteiger partial charge in [-0.05, 0) is 6.92 Å². The monoisotopic (exact) mass is 348 g/mol. The van der Waals surface area contributed by atoms with Gasteiger partial charge in [-0.15, -0.1) is 0 Å². The lowest BCUT2D eigenvalue weighted by molar-refractivity contribution is -0.147. The number of hydrogen-bond acceptors (Lipinski definition) is 7. The number of aliphatic hydroxyl groups is 1. The Hall–Kier alpha value is -2.73. The molecule has 0 aliphatic heterocycles. The largest absolute Gasteiger partial charge is 0.481 e. The maximum Gasteiger partial charge on any atom is 0.326 e. The number of amides is 3. The molecule has 0 aliphatic carbocycles. The van der Waals surface area contributed by atoms with Gasteiger partial charge in [-0.1, -0.05) is 0 Å². The van der Waals surface area contributed by atoms with E-state index in [2.05, 4.69) is 10.6 Å². The van der Waals surface area contributed by atoms with E-state index in [4.69, 9.17) is 21.1 Å². The fraction of sp³-hybridized carbons (Fsp3) is 0.583. The van der Waals surface area contributed by atoms with Gasteiger partial charge in [0.1, 0.15) is 12.1 Å². The minimum Gasteiger partial charge on any atom is -0.481 e. The zero-order valence-electron chi connectivity index (χ0n) is 12.8. The third-order valence-electron chi connectivity index (χ3n) is 2.66. The van der Waals surface area contributed by atoms with E-state index in [9.17, 15) is 24.0 Å². The van der Waals surface area contributed by atoms with Gasteiger partial charge < -0.3 is 37.0 Å². The molecule has 0 saturated heterocycles. The lowest BCUT2D eigenvalue weighted by atomic mass is 10.2. The molecule has 3 amide bonds. The van der Waals surface area contributed by atoms with Crippen LogP contribution in [0.4, 0.5) is 0 Å². The van der Waals surface area contributed by atoms with Crippen molar-refractivity contribution >= 4 is 29.7 Å². The number of carboxylic acid groups (broad SMARTS) is 2. The number of rotatable bonds is 10. The van der Waals surface area contributed by atoms with Crippen LogP contribution in [0.3, 0.4) is 0 Å². The van der Waals surface area contributed by atoms with Gasteiger partial charge in [-0.2, -0.15) is 0 Å². The molecule has 0 bridgehead atoms. The summed E-state index contributed by atoms with van der Waals surface area (Å²) < 4.78 is 0. The molecule has 0 aromatic heterocycles. The Morgan fingerprint density at radius 1 is 1.00 bits per heavy atom. The van der Waals surface area contributed by atoms with Gasteiger partial charge in [0.05, 0.1) is 25.6 Å². The Balaban J connectivity index is 4.62. The molecule has 3 atom stereocenters. The highest BCUT2D eigenvalue weighted by molar-refractivity contribution is 5.93. The highest BCUT2D eigenvalue weighted by Gasteiger charge is 2.27. The molecule has 0 fully saturated rings. The van der Waals surface area contributed by atoms with Gasteiger partial charge in [-0.3, -0.25) is 19.2 Å². The summed E-state index contributed by atoms with van der Waals surface area (Å²) in [6.45, 7) is 0.0194. The first-order chi connectivity index (χ1) is 11.1. The van der Waals surface area contributed by atoms with Crippen molar-refractivity contribution in [1.82, 2.24) is 16.0 Å². The van der Waals surface area contributed by atoms with Gasteiger partial charge in [0.2, 0.25) is 17.7 Å². The van der Waals surface area contributed by atoms with Crippen LogP contribution in [0.5, 0.6) is 0 Å². The van der Waals surface area contributed by atoms with Crippen molar-refractivity contribution in [3.05, 3.63) is 0 Å². The summed E-state index contributed by atoms with van der Waals surface area (Å²) in [5.74, 6) is -5.56. The van der Waals surface area contributed by atoms with Crippen LogP contribution in [0.1, 0.15) is 13.3 Å². The fourth-order valence-corrected chi connectivity index (χ4v) is 1.41. The Bertz CT molecular complexity index is 507. The summed E-state index contributed by atoms with van der Waals surface area (Å²) in [4.78, 5) is 56.0. The lowest BCUT2D eigenvalue weighted by Gasteiger charge is -2.19. The highest BCUT2D eigenvalue weighted by Crippen LogP contribution is 1.95. The zero-order chi connectivity index (χ0) is 18.9. The molecule has 12 heteroatoms. The number of aliphatic carboxylic acids is 2. The van der Waals surface area contributed by atoms with Crippen LogP contribution in [-0.4, -0.2) is 76.3 Å². The average Bonchev–Trinajstić information content (AvgIpc) is 2.48. The van der Waals surface area contributed by atoms with E-state index in [0.717, 1.165) is 0 Å². The molecule has 3 unspecified atom stereocenters. The van der Waals surface area contributed by atoms with E-state index in [1.807, 2.05) is 5.32 Å². The first kappa shape index (κ1) is 21.3. The smallest absolute Gasteiger partial charge is 0.326 e. The number of carboxylic acids is 2. The number of carbonyl (C=O) groups excluding carboxylic acids is 3. The van der Waals surface area contributed by atoms with E-state index >= 15 is 0 Å². The fourth-order valence-electron chi connectivity index (χ4n) is 1.41. The predicted octanol–water partition coefficient (Wildman–Crippen LogP) is -4.03. The summed E-state index contributed by atoms with van der Waals surface area (Å²) in [6.07, 6.45) is -0.877. The molecular weight excluding hydrogens is 328 g/mol. The van der Waals surface area contributed by atoms with Crippen LogP contribution in [-0.2, 0) is 24.0 Å². The van der Waals surface area contributed by atoms with Crippen LogP contribution in [0.25, 0.3) is 0 Å². The third-order valence-corrected chi connectivity index (χ3v) is 2.66. The second-order valence-corrected chi connectivity index (χ2v) is 4.81. The molecule has 0 heterocycles. The first-order valence-electron chi connectivity index (χ1n) is 6.77. The molecule has 0 saturated carbocycles. The Morgan fingerprint density at radius 2 is 1.58 bits per heavy atom. The maximum absolute atomic E-state index is 11.8. The number of carbonyl (C=O) groups is 5. The Kier molecular flexibility index (Phi) is 8.97. The molecule has 0 radical (unpaired) electrons. The standard InChI is InChI=1S/C12H20N4O8/c1-5(13)10(21)14-3-8(18)15-7(4-17)11(22)16-6(12(23)24)2-9(19)20/h5-7,17H,2-4,13H2,1H3,(H,14,21)(H,15,18)(H,16,22)(H,19,20)(H,23,24). The first-order valence-corrected chi connectivity index (χ1v) is 6.77. The predicted molar refractivity (Wildman–Crippen MR) is 77.5 cm³/mol. The maximum atomic E-state index is 11.8. The number of aliphatic hydroxyl groups excluding tert-OH is 1. The number of hydrogen-bond donors (Lipinski definition) is 7. The molecule has 24 heavy (non-hydrogen) atoms. The van der Waals surface area contributed by atoms with Crippen molar-refractivity contribution in [3.63, 3.8) is 0 Å². The van der Waals surface area contributed by atoms with Crippen LogP contribution in [0.2, 0.25) is 0 Å². The topological polar surface area (TPSA) is 208 Å². The molecule has 12 nitrogen and oxygen atoms in total. The van der Waals surface area contributed by atoms with Gasteiger partial charge in [-0.25, -0.2) is 4.79 Å². The number of nitrogens with one attached hydrogen (secondary N) is 3. The van der Waals surface area contributed by atoms with E-state index in [0.29, 0.717) is 0 Å². The Labute approximate surface area is 136 Å². The zero-order valence-corrected chi connectivity index (χ0v) is 12.8. The van der Waals surface area contributed by atoms with Crippen molar-refractivity contribution in [2.75, 3.05) is 13.2 Å². The minimum atomic E-state index is -1.72. The SMILES string of the molecule is CC(N)C(=O)NCC(=O)NC(CO)C(=O)NC(CC(=O)O)C(=O)O. The van der Waals surface area contributed by atoms with Crippen molar-refractivity contribution in [2.24, 2.45) is 5.73 Å². The third kappa shape index (κ3) is 8.05. The van der Waals surface area contributed by atoms with Gasteiger partial charge in [0, 0.05) is 0 Å². The minimum absolute atomic E-state index is 0.512. The highest BCUT2D eigenvalue weighted by atomic mass is 16.4. The summed E-state index contributed by atoms with van der Waals surface area (Å²) in [7, 11) is 0. The molecule has 0 aromatic rings. The molecule has 136 valence electrons. The molecule has 8 N–H and O–H groups in total. The number of nitrogens with two attached hydrogens (primary N) is 1. The molecule has 0 aromatic carbocycles. The van der Waals surface area contributed by atoms with E-state index in [1.165, 1.54) is 6.92 Å². The summed E-state index contributed by atoms with van der Waals surface area (Å²) in [5, 5.41) is 32.6. The Morgan fingerprint density at radius 3 is 2.00 bits per heavy atom. The van der Waals surface area contributed by atoms with Gasteiger partial charge in [0.15, 0.2) is 0 Å². The van der Waals surface area contributed by atoms with Crippen LogP contribution >= 0.6 is 0 Å². The van der Waals surface area contributed by atoms with E-state index in [1.54, 1.807) is 0 Å². The molecular formula is C12H20N4O8. The van der Waals surface area contributed by atoms with Crippen molar-refractivity contribution < 1.29 is 39.3 Å². The van der Waals surface area contributed by atoms with Crippen molar-refractivity contribution in [2.45, 2.75) is 31.5 Å². The van der Waals surface area contributed by atoms with Crippen LogP contribution in [0.15, 0.2) is 0 Å². The van der Waals surface area contributed by atoms with Crippen molar-refractivity contribution in [1.29, 1.82) is 0 Å². The molecule has 0 aliphatic rings. The van der Waals surface area contributed by atoms with Crippen LogP contribution in [0, 0.1) is 0 Å². The lowest BCUT2D eigenvalue weighted by Crippen LogP contribution is -2.55. The molecule has 0 rings (SSSR count). The second-order valence-electron chi connectivity index (χ2n) is 4.81. The quantitative estimate of drug-likeness (QED) is 0.205. The van der Waals surface area contributed by atoms with Gasteiger partial charge in [0.25, 0.3) is 0 Å². The second kappa shape index (κ2) is 10.1. The summed E-state index contributed by atoms with van der Waals surface area (Å²) in [6, 6.07) is -4.08. The summed E-state index contributed by atoms with van der Waals surface area (Å²) in [5.41, 5.74) is 5.27. The summed E-state index contributed by atoms with van der Waals surface area (Å²) >= 11 is 0. The van der Waals surface area contributed by atoms with E-state index < -0.39 is 67.4 Å². The normalized spacial score (nSPS) is 14.0. The van der Waals surface area contributed by atoms with Crippen LogP contribution < -0.4 is 21.7 Å². The van der Waals surface area contributed by atoms with E-state index in [-0.39, 0.29) is 0 Å².